The average Bonchev–Trinajstić information content (AvgIpc) is 2.72. The van der Waals surface area contributed by atoms with Crippen molar-refractivity contribution < 1.29 is 0 Å². The number of alkyl halides is 1. The predicted octanol–water partition coefficient (Wildman–Crippen LogP) is 3.41. The van der Waals surface area contributed by atoms with Crippen LogP contribution in [0.1, 0.15) is 11.4 Å². The lowest BCUT2D eigenvalue weighted by atomic mass is 10.3. The molecule has 6 heteroatoms. The fraction of sp³-hybridized carbons (Fsp3) is 0.231. The number of aliphatic imine (C=N–C) groups is 1. The molecule has 0 aliphatic carbocycles. The van der Waals surface area contributed by atoms with Crippen LogP contribution in [0, 0.1) is 13.8 Å². The number of nitrogens with zero attached hydrogens (tertiary/aromatic N) is 2. The third-order valence-electron chi connectivity index (χ3n) is 2.54. The zero-order valence-corrected chi connectivity index (χ0v) is 12.3. The summed E-state index contributed by atoms with van der Waals surface area (Å²) >= 11 is 7.30. The van der Waals surface area contributed by atoms with Gasteiger partial charge in [-0.2, -0.15) is 5.10 Å². The molecule has 19 heavy (non-hydrogen) atoms. The number of aromatic amines is 1. The molecule has 0 aliphatic heterocycles. The molecule has 0 bridgehead atoms. The van der Waals surface area contributed by atoms with Gasteiger partial charge in [-0.25, -0.2) is 4.99 Å². The summed E-state index contributed by atoms with van der Waals surface area (Å²) in [4.78, 5) is 6.48. The van der Waals surface area contributed by atoms with Gasteiger partial charge in [0, 0.05) is 10.6 Å². The number of amidine groups is 1. The van der Waals surface area contributed by atoms with E-state index in [1.54, 1.807) is 11.8 Å². The molecule has 4 nitrogen and oxygen atoms in total. The van der Waals surface area contributed by atoms with Crippen LogP contribution >= 0.6 is 23.4 Å². The molecule has 0 spiro atoms. The highest BCUT2D eigenvalue weighted by molar-refractivity contribution is 7.99. The highest BCUT2D eigenvalue weighted by Crippen LogP contribution is 2.37. The number of hydrogen-bond donors (Lipinski definition) is 2. The van der Waals surface area contributed by atoms with Gasteiger partial charge in [-0.3, -0.25) is 5.10 Å². The lowest BCUT2D eigenvalue weighted by Gasteiger charge is -2.06. The molecule has 0 amide bonds. The molecule has 1 aromatic heterocycles. The van der Waals surface area contributed by atoms with Gasteiger partial charge >= 0.3 is 0 Å². The highest BCUT2D eigenvalue weighted by atomic mass is 35.5. The molecule has 0 atom stereocenters. The number of aromatic nitrogens is 2. The van der Waals surface area contributed by atoms with Gasteiger partial charge in [0.2, 0.25) is 0 Å². The Bertz CT molecular complexity index is 587. The molecular formula is C13H15ClN4S. The van der Waals surface area contributed by atoms with Gasteiger partial charge in [0.25, 0.3) is 0 Å². The van der Waals surface area contributed by atoms with Crippen LogP contribution in [0.4, 0.5) is 5.69 Å². The number of nitrogens with one attached hydrogen (secondary N) is 1. The Kier molecular flexibility index (Phi) is 4.50. The van der Waals surface area contributed by atoms with Crippen LogP contribution in [0.2, 0.25) is 0 Å². The van der Waals surface area contributed by atoms with Crippen molar-refractivity contribution in [1.29, 1.82) is 0 Å². The first-order valence-corrected chi connectivity index (χ1v) is 7.14. The summed E-state index contributed by atoms with van der Waals surface area (Å²) in [6.07, 6.45) is 0. The summed E-state index contributed by atoms with van der Waals surface area (Å²) < 4.78 is 0. The summed E-state index contributed by atoms with van der Waals surface area (Å²) in [5.74, 6) is 0.637. The zero-order chi connectivity index (χ0) is 13.8. The van der Waals surface area contributed by atoms with Crippen LogP contribution in [0.15, 0.2) is 39.0 Å². The van der Waals surface area contributed by atoms with Crippen LogP contribution in [-0.2, 0) is 0 Å². The summed E-state index contributed by atoms with van der Waals surface area (Å²) in [6.45, 7) is 3.98. The molecule has 3 N–H and O–H groups in total. The molecule has 0 unspecified atom stereocenters. The number of rotatable bonds is 4. The minimum Gasteiger partial charge on any atom is -0.386 e. The summed E-state index contributed by atoms with van der Waals surface area (Å²) in [6, 6.07) is 7.84. The van der Waals surface area contributed by atoms with Crippen molar-refractivity contribution in [2.45, 2.75) is 23.6 Å². The van der Waals surface area contributed by atoms with Crippen LogP contribution in [0.25, 0.3) is 0 Å². The quantitative estimate of drug-likeness (QED) is 0.516. The van der Waals surface area contributed by atoms with Gasteiger partial charge in [-0.15, -0.1) is 11.6 Å². The van der Waals surface area contributed by atoms with Crippen molar-refractivity contribution >= 4 is 34.9 Å². The van der Waals surface area contributed by atoms with Crippen molar-refractivity contribution in [2.24, 2.45) is 10.7 Å². The van der Waals surface area contributed by atoms with Crippen LogP contribution in [0.3, 0.4) is 0 Å². The first-order valence-electron chi connectivity index (χ1n) is 5.79. The molecule has 0 aliphatic rings. The molecule has 100 valence electrons. The van der Waals surface area contributed by atoms with Crippen molar-refractivity contribution in [3.63, 3.8) is 0 Å². The number of benzene rings is 1. The Morgan fingerprint density at radius 3 is 2.79 bits per heavy atom. The fourth-order valence-corrected chi connectivity index (χ4v) is 2.66. The standard InChI is InChI=1S/C13H15ClN4S/c1-8-13(9(2)18-17-8)19-11-6-4-3-5-10(11)16-12(15)7-14/h3-6H,7H2,1-2H3,(H2,15,16)(H,17,18). The largest absolute Gasteiger partial charge is 0.386 e. The second-order valence-electron chi connectivity index (χ2n) is 4.07. The SMILES string of the molecule is Cc1n[nH]c(C)c1Sc1ccccc1N=C(N)CCl. The zero-order valence-electron chi connectivity index (χ0n) is 10.8. The third-order valence-corrected chi connectivity index (χ3v) is 4.18. The lowest BCUT2D eigenvalue weighted by Crippen LogP contribution is -2.12. The molecule has 0 saturated carbocycles. The van der Waals surface area contributed by atoms with Crippen LogP contribution in [0.5, 0.6) is 0 Å². The van der Waals surface area contributed by atoms with Gasteiger partial charge < -0.3 is 5.73 Å². The average molecular weight is 295 g/mol. The van der Waals surface area contributed by atoms with Gasteiger partial charge in [-0.05, 0) is 26.0 Å². The molecule has 0 saturated heterocycles. The molecule has 2 aromatic rings. The van der Waals surface area contributed by atoms with Crippen molar-refractivity contribution in [3.05, 3.63) is 35.7 Å². The first kappa shape index (κ1) is 14.0. The molecule has 1 aromatic carbocycles. The number of aryl methyl sites for hydroxylation is 2. The Morgan fingerprint density at radius 1 is 1.42 bits per heavy atom. The minimum atomic E-state index is 0.225. The van der Waals surface area contributed by atoms with Gasteiger partial charge in [0.1, 0.15) is 5.84 Å². The Morgan fingerprint density at radius 2 is 2.16 bits per heavy atom. The number of hydrogen-bond acceptors (Lipinski definition) is 3. The van der Waals surface area contributed by atoms with E-state index in [4.69, 9.17) is 17.3 Å². The fourth-order valence-electron chi connectivity index (χ4n) is 1.62. The minimum absolute atomic E-state index is 0.225. The maximum absolute atomic E-state index is 5.70. The summed E-state index contributed by atoms with van der Waals surface area (Å²) in [5, 5.41) is 7.17. The van der Waals surface area contributed by atoms with Crippen molar-refractivity contribution in [2.75, 3.05) is 5.88 Å². The summed E-state index contributed by atoms with van der Waals surface area (Å²) in [7, 11) is 0. The molecule has 1 heterocycles. The van der Waals surface area contributed by atoms with Gasteiger partial charge in [-0.1, -0.05) is 23.9 Å². The number of halogens is 1. The van der Waals surface area contributed by atoms with Gasteiger partial charge in [0.15, 0.2) is 0 Å². The maximum Gasteiger partial charge on any atom is 0.115 e. The number of nitrogens with two attached hydrogens (primary N) is 1. The molecule has 0 fully saturated rings. The van der Waals surface area contributed by atoms with E-state index in [-0.39, 0.29) is 5.88 Å². The van der Waals surface area contributed by atoms with Crippen molar-refractivity contribution in [3.8, 4) is 0 Å². The maximum atomic E-state index is 5.70. The van der Waals surface area contributed by atoms with E-state index < -0.39 is 0 Å². The predicted molar refractivity (Wildman–Crippen MR) is 80.6 cm³/mol. The smallest absolute Gasteiger partial charge is 0.115 e. The summed E-state index contributed by atoms with van der Waals surface area (Å²) in [5.41, 5.74) is 8.55. The Hall–Kier alpha value is -1.46. The van der Waals surface area contributed by atoms with E-state index in [1.807, 2.05) is 38.1 Å². The highest BCUT2D eigenvalue weighted by Gasteiger charge is 2.10. The Labute approximate surface area is 121 Å². The first-order chi connectivity index (χ1) is 9.11. The number of para-hydroxylation sites is 1. The van der Waals surface area contributed by atoms with E-state index in [0.717, 1.165) is 26.9 Å². The topological polar surface area (TPSA) is 67.1 Å². The monoisotopic (exact) mass is 294 g/mol. The van der Waals surface area contributed by atoms with Crippen LogP contribution in [-0.4, -0.2) is 21.9 Å². The van der Waals surface area contributed by atoms with E-state index in [2.05, 4.69) is 15.2 Å². The molecule has 2 rings (SSSR count). The molecular weight excluding hydrogens is 280 g/mol. The third kappa shape index (κ3) is 3.30. The van der Waals surface area contributed by atoms with E-state index in [0.29, 0.717) is 5.84 Å². The Balaban J connectivity index is 2.36. The van der Waals surface area contributed by atoms with E-state index in [1.165, 1.54) is 0 Å². The normalized spacial score (nSPS) is 11.8. The van der Waals surface area contributed by atoms with E-state index in [9.17, 15) is 0 Å². The van der Waals surface area contributed by atoms with Gasteiger partial charge in [0.05, 0.1) is 22.2 Å². The second-order valence-corrected chi connectivity index (χ2v) is 5.39. The van der Waals surface area contributed by atoms with Crippen LogP contribution < -0.4 is 5.73 Å². The number of H-pyrrole nitrogens is 1. The molecule has 0 radical (unpaired) electrons. The lowest BCUT2D eigenvalue weighted by molar-refractivity contribution is 1.02. The second kappa shape index (κ2) is 6.12. The van der Waals surface area contributed by atoms with E-state index >= 15 is 0 Å². The van der Waals surface area contributed by atoms with Crippen molar-refractivity contribution in [1.82, 2.24) is 10.2 Å².